The van der Waals surface area contributed by atoms with Gasteiger partial charge in [-0.05, 0) is 92.1 Å². The van der Waals surface area contributed by atoms with Crippen molar-refractivity contribution < 1.29 is 4.79 Å². The van der Waals surface area contributed by atoms with E-state index < -0.39 is 0 Å². The molecule has 4 aliphatic rings. The summed E-state index contributed by atoms with van der Waals surface area (Å²) in [5.74, 6) is 0.534. The molecule has 1 saturated carbocycles. The third kappa shape index (κ3) is 3.88. The van der Waals surface area contributed by atoms with Crippen LogP contribution in [0, 0.1) is 5.92 Å². The molecule has 1 aromatic heterocycles. The summed E-state index contributed by atoms with van der Waals surface area (Å²) in [5, 5.41) is 5.54. The van der Waals surface area contributed by atoms with E-state index in [0.29, 0.717) is 5.92 Å². The SMILES string of the molecule is CC1=CC(C2CCN(C3CCC3)CC2)=CN2C(=O)/C=C(c3ccc4nn(C)cc4c3)\C=C\C=C12. The smallest absolute Gasteiger partial charge is 0.255 e. The standard InChI is InChI=1S/C29H32N4O/c1-20-15-24(21-11-13-32(14-12-21)26-6-4-7-26)19-33-28(20)8-3-5-22(17-29(33)34)23-9-10-27-25(16-23)18-31(2)30-27/h3,5,8-10,15-19,21,26H,4,6-7,11-14H2,1-2H3/b5-3+,22-17+,28-8?. The topological polar surface area (TPSA) is 41.4 Å². The summed E-state index contributed by atoms with van der Waals surface area (Å²) in [6.45, 7) is 4.48. The second-order valence-corrected chi connectivity index (χ2v) is 10.1. The number of amides is 1. The Hall–Kier alpha value is -3.18. The van der Waals surface area contributed by atoms with Crippen molar-refractivity contribution in [2.75, 3.05) is 13.1 Å². The maximum Gasteiger partial charge on any atom is 0.255 e. The third-order valence-electron chi connectivity index (χ3n) is 7.92. The van der Waals surface area contributed by atoms with Gasteiger partial charge in [-0.25, -0.2) is 0 Å². The minimum absolute atomic E-state index is 0.00809. The number of piperidine rings is 1. The highest BCUT2D eigenvalue weighted by atomic mass is 16.2. The second kappa shape index (κ2) is 8.55. The number of rotatable bonds is 3. The lowest BCUT2D eigenvalue weighted by Gasteiger charge is -2.42. The Bertz CT molecular complexity index is 1290. The molecule has 6 rings (SSSR count). The van der Waals surface area contributed by atoms with Gasteiger partial charge in [0.15, 0.2) is 0 Å². The maximum atomic E-state index is 13.5. The van der Waals surface area contributed by atoms with Gasteiger partial charge in [0.1, 0.15) is 0 Å². The molecule has 4 heterocycles. The fraction of sp³-hybridized carbons (Fsp3) is 0.379. The number of hydrogen-bond donors (Lipinski definition) is 0. The van der Waals surface area contributed by atoms with E-state index in [4.69, 9.17) is 0 Å². The largest absolute Gasteiger partial charge is 0.300 e. The van der Waals surface area contributed by atoms with Crippen LogP contribution in [0.2, 0.25) is 0 Å². The van der Waals surface area contributed by atoms with Gasteiger partial charge in [-0.3, -0.25) is 14.4 Å². The second-order valence-electron chi connectivity index (χ2n) is 10.1. The molecule has 1 amide bonds. The first kappa shape index (κ1) is 21.4. The van der Waals surface area contributed by atoms with Crippen LogP contribution in [-0.4, -0.2) is 44.6 Å². The summed E-state index contributed by atoms with van der Waals surface area (Å²) in [7, 11) is 1.93. The lowest BCUT2D eigenvalue weighted by atomic mass is 9.83. The Labute approximate surface area is 201 Å². The van der Waals surface area contributed by atoms with Crippen LogP contribution in [0.1, 0.15) is 44.6 Å². The van der Waals surface area contributed by atoms with Crippen molar-refractivity contribution in [2.24, 2.45) is 13.0 Å². The molecule has 174 valence electrons. The average molecular weight is 453 g/mol. The number of hydrogen-bond acceptors (Lipinski definition) is 3. The molecule has 1 saturated heterocycles. The number of fused-ring (bicyclic) bond motifs is 2. The van der Waals surface area contributed by atoms with Crippen molar-refractivity contribution in [3.05, 3.63) is 83.4 Å². The van der Waals surface area contributed by atoms with Gasteiger partial charge in [0.25, 0.3) is 5.91 Å². The highest BCUT2D eigenvalue weighted by Gasteiger charge is 2.31. The molecular weight excluding hydrogens is 420 g/mol. The fourth-order valence-corrected chi connectivity index (χ4v) is 5.74. The van der Waals surface area contributed by atoms with Crippen LogP contribution < -0.4 is 0 Å². The maximum absolute atomic E-state index is 13.5. The fourth-order valence-electron chi connectivity index (χ4n) is 5.74. The Balaban J connectivity index is 1.27. The van der Waals surface area contributed by atoms with Crippen molar-refractivity contribution in [2.45, 2.75) is 45.1 Å². The van der Waals surface area contributed by atoms with Gasteiger partial charge in [-0.1, -0.05) is 30.7 Å². The number of nitrogens with zero attached hydrogens (tertiary/aromatic N) is 4. The van der Waals surface area contributed by atoms with Crippen molar-refractivity contribution in [3.63, 3.8) is 0 Å². The van der Waals surface area contributed by atoms with Gasteiger partial charge in [0.05, 0.1) is 11.2 Å². The van der Waals surface area contributed by atoms with E-state index >= 15 is 0 Å². The van der Waals surface area contributed by atoms with Gasteiger partial charge < -0.3 is 4.90 Å². The number of allylic oxidation sites excluding steroid dienone is 7. The van der Waals surface area contributed by atoms with Crippen LogP contribution in [0.4, 0.5) is 0 Å². The van der Waals surface area contributed by atoms with E-state index in [-0.39, 0.29) is 5.91 Å². The van der Waals surface area contributed by atoms with Crippen molar-refractivity contribution in [1.29, 1.82) is 0 Å². The highest BCUT2D eigenvalue weighted by Crippen LogP contribution is 2.36. The van der Waals surface area contributed by atoms with E-state index in [1.54, 1.807) is 6.08 Å². The summed E-state index contributed by atoms with van der Waals surface area (Å²) >= 11 is 0. The Morgan fingerprint density at radius 1 is 1.06 bits per heavy atom. The first-order valence-electron chi connectivity index (χ1n) is 12.6. The number of carbonyl (C=O) groups is 1. The van der Waals surface area contributed by atoms with Crippen molar-refractivity contribution in [1.82, 2.24) is 19.6 Å². The van der Waals surface area contributed by atoms with E-state index in [2.05, 4.69) is 47.4 Å². The Kier molecular flexibility index (Phi) is 5.37. The van der Waals surface area contributed by atoms with Gasteiger partial charge in [0.2, 0.25) is 0 Å². The van der Waals surface area contributed by atoms with E-state index in [1.807, 2.05) is 41.0 Å². The highest BCUT2D eigenvalue weighted by molar-refractivity contribution is 6.01. The molecular formula is C29H32N4O. The lowest BCUT2D eigenvalue weighted by molar-refractivity contribution is -0.122. The molecule has 0 spiro atoms. The van der Waals surface area contributed by atoms with Crippen LogP contribution in [-0.2, 0) is 11.8 Å². The zero-order valence-corrected chi connectivity index (χ0v) is 20.1. The molecule has 34 heavy (non-hydrogen) atoms. The molecule has 5 nitrogen and oxygen atoms in total. The summed E-state index contributed by atoms with van der Waals surface area (Å²) in [6.07, 6.45) is 20.8. The van der Waals surface area contributed by atoms with E-state index in [1.165, 1.54) is 50.8 Å². The van der Waals surface area contributed by atoms with E-state index in [9.17, 15) is 4.79 Å². The monoisotopic (exact) mass is 452 g/mol. The summed E-state index contributed by atoms with van der Waals surface area (Å²) < 4.78 is 1.82. The quantitative estimate of drug-likeness (QED) is 0.631. The van der Waals surface area contributed by atoms with Gasteiger partial charge in [-0.2, -0.15) is 5.10 Å². The molecule has 0 N–H and O–H groups in total. The number of aryl methyl sites for hydroxylation is 1. The number of likely N-dealkylation sites (tertiary alicyclic amines) is 1. The first-order chi connectivity index (χ1) is 16.5. The Morgan fingerprint density at radius 3 is 2.65 bits per heavy atom. The number of aromatic nitrogens is 2. The predicted molar refractivity (Wildman–Crippen MR) is 137 cm³/mol. The average Bonchev–Trinajstić information content (AvgIpc) is 3.16. The zero-order chi connectivity index (χ0) is 23.2. The van der Waals surface area contributed by atoms with Crippen LogP contribution in [0.5, 0.6) is 0 Å². The summed E-state index contributed by atoms with van der Waals surface area (Å²) in [6, 6.07) is 7.00. The van der Waals surface area contributed by atoms with Gasteiger partial charge in [0, 0.05) is 36.9 Å². The van der Waals surface area contributed by atoms with Crippen molar-refractivity contribution >= 4 is 22.4 Å². The van der Waals surface area contributed by atoms with Crippen LogP contribution in [0.15, 0.2) is 77.8 Å². The third-order valence-corrected chi connectivity index (χ3v) is 7.92. The van der Waals surface area contributed by atoms with Gasteiger partial charge >= 0.3 is 0 Å². The molecule has 0 unspecified atom stereocenters. The first-order valence-corrected chi connectivity index (χ1v) is 12.6. The normalized spacial score (nSPS) is 24.9. The number of carbonyl (C=O) groups excluding carboxylic acids is 1. The Morgan fingerprint density at radius 2 is 1.88 bits per heavy atom. The molecule has 0 bridgehead atoms. The lowest BCUT2D eigenvalue weighted by Crippen LogP contribution is -2.45. The molecule has 5 heteroatoms. The zero-order valence-electron chi connectivity index (χ0n) is 20.1. The number of benzene rings is 1. The van der Waals surface area contributed by atoms with Gasteiger partial charge in [-0.15, -0.1) is 0 Å². The van der Waals surface area contributed by atoms with Crippen LogP contribution in [0.25, 0.3) is 16.5 Å². The minimum Gasteiger partial charge on any atom is -0.300 e. The molecule has 0 radical (unpaired) electrons. The van der Waals surface area contributed by atoms with E-state index in [0.717, 1.165) is 39.4 Å². The molecule has 1 aliphatic carbocycles. The van der Waals surface area contributed by atoms with Crippen LogP contribution in [0.3, 0.4) is 0 Å². The molecule has 2 aromatic rings. The summed E-state index contributed by atoms with van der Waals surface area (Å²) in [4.78, 5) is 18.0. The minimum atomic E-state index is 0.00809. The molecule has 0 atom stereocenters. The van der Waals surface area contributed by atoms with Crippen LogP contribution >= 0.6 is 0 Å². The predicted octanol–water partition coefficient (Wildman–Crippen LogP) is 5.35. The molecule has 3 aliphatic heterocycles. The van der Waals surface area contributed by atoms with Crippen molar-refractivity contribution in [3.8, 4) is 0 Å². The molecule has 2 fully saturated rings. The molecule has 1 aromatic carbocycles. The summed E-state index contributed by atoms with van der Waals surface area (Å²) in [5.41, 5.74) is 6.33.